The van der Waals surface area contributed by atoms with E-state index in [1.54, 1.807) is 7.11 Å². The Morgan fingerprint density at radius 2 is 1.87 bits per heavy atom. The van der Waals surface area contributed by atoms with Crippen molar-refractivity contribution >= 4 is 28.6 Å². The van der Waals surface area contributed by atoms with E-state index in [0.717, 1.165) is 45.6 Å². The Labute approximate surface area is 182 Å². The van der Waals surface area contributed by atoms with Gasteiger partial charge in [-0.3, -0.25) is 4.79 Å². The number of nitrogens with one attached hydrogen (secondary N) is 1. The second-order valence-corrected chi connectivity index (χ2v) is 9.22. The van der Waals surface area contributed by atoms with Crippen molar-refractivity contribution in [2.75, 3.05) is 7.11 Å². The van der Waals surface area contributed by atoms with Crippen LogP contribution < -0.4 is 10.1 Å². The van der Waals surface area contributed by atoms with E-state index in [9.17, 15) is 4.79 Å². The van der Waals surface area contributed by atoms with Crippen LogP contribution in [-0.2, 0) is 4.79 Å². The third-order valence-electron chi connectivity index (χ3n) is 5.70. The predicted octanol–water partition coefficient (Wildman–Crippen LogP) is 5.84. The first-order chi connectivity index (χ1) is 14.6. The van der Waals surface area contributed by atoms with Crippen LogP contribution in [0, 0.1) is 0 Å². The van der Waals surface area contributed by atoms with Gasteiger partial charge < -0.3 is 10.1 Å². The monoisotopic (exact) mass is 420 g/mol. The van der Waals surface area contributed by atoms with Crippen LogP contribution in [0.1, 0.15) is 39.0 Å². The molecule has 0 bridgehead atoms. The summed E-state index contributed by atoms with van der Waals surface area (Å²) < 4.78 is 5.40. The lowest BCUT2D eigenvalue weighted by Crippen LogP contribution is -2.40. The zero-order valence-corrected chi connectivity index (χ0v) is 18.4. The highest BCUT2D eigenvalue weighted by molar-refractivity contribution is 8.00. The first-order valence-electron chi connectivity index (χ1n) is 10.7. The molecule has 2 aromatic carbocycles. The summed E-state index contributed by atoms with van der Waals surface area (Å²) >= 11 is 1.51. The maximum Gasteiger partial charge on any atom is 0.233 e. The minimum Gasteiger partial charge on any atom is -0.497 e. The molecule has 0 spiro atoms. The van der Waals surface area contributed by atoms with Crippen molar-refractivity contribution < 1.29 is 9.53 Å². The maximum atomic E-state index is 12.8. The van der Waals surface area contributed by atoms with Crippen LogP contribution in [0.2, 0.25) is 0 Å². The molecule has 0 saturated heterocycles. The molecule has 1 heterocycles. The first-order valence-corrected chi connectivity index (χ1v) is 11.5. The molecule has 4 nitrogen and oxygen atoms in total. The smallest absolute Gasteiger partial charge is 0.233 e. The van der Waals surface area contributed by atoms with Gasteiger partial charge in [0.05, 0.1) is 22.9 Å². The minimum atomic E-state index is -0.203. The molecule has 156 valence electrons. The van der Waals surface area contributed by atoms with Crippen molar-refractivity contribution in [3.8, 4) is 16.9 Å². The molecule has 0 radical (unpaired) electrons. The summed E-state index contributed by atoms with van der Waals surface area (Å²) in [6, 6.07) is 18.7. The number of rotatable bonds is 6. The molecule has 1 fully saturated rings. The molecule has 5 heteroatoms. The Bertz CT molecular complexity index is 1020. The van der Waals surface area contributed by atoms with Crippen molar-refractivity contribution in [1.82, 2.24) is 10.3 Å². The number of methoxy groups -OCH3 is 1. The topological polar surface area (TPSA) is 51.2 Å². The second-order valence-electron chi connectivity index (χ2n) is 7.86. The van der Waals surface area contributed by atoms with Crippen LogP contribution in [0.5, 0.6) is 5.75 Å². The molecule has 4 rings (SSSR count). The van der Waals surface area contributed by atoms with Crippen LogP contribution in [0.3, 0.4) is 0 Å². The van der Waals surface area contributed by atoms with Crippen molar-refractivity contribution in [2.24, 2.45) is 0 Å². The zero-order chi connectivity index (χ0) is 20.9. The van der Waals surface area contributed by atoms with E-state index in [1.165, 1.54) is 31.0 Å². The van der Waals surface area contributed by atoms with Crippen molar-refractivity contribution in [2.45, 2.75) is 55.3 Å². The highest BCUT2D eigenvalue weighted by atomic mass is 32.2. The molecule has 1 atom stereocenters. The van der Waals surface area contributed by atoms with Crippen molar-refractivity contribution in [3.05, 3.63) is 54.6 Å². The molecule has 1 aliphatic rings. The molecule has 0 unspecified atom stereocenters. The summed E-state index contributed by atoms with van der Waals surface area (Å²) in [5, 5.41) is 4.95. The van der Waals surface area contributed by atoms with Gasteiger partial charge in [0, 0.05) is 17.5 Å². The summed E-state index contributed by atoms with van der Waals surface area (Å²) in [6.45, 7) is 1.96. The second kappa shape index (κ2) is 9.52. The Balaban J connectivity index is 1.62. The van der Waals surface area contributed by atoms with Crippen LogP contribution in [0.25, 0.3) is 22.0 Å². The first kappa shape index (κ1) is 20.7. The lowest BCUT2D eigenvalue weighted by molar-refractivity contribution is -0.121. The number of nitrogens with zero attached hydrogens (tertiary/aromatic N) is 1. The molecule has 1 aliphatic carbocycles. The molecule has 3 aromatic rings. The number of amides is 1. The molecule has 1 N–H and O–H groups in total. The average Bonchev–Trinajstić information content (AvgIpc) is 2.79. The molecule has 1 aromatic heterocycles. The van der Waals surface area contributed by atoms with Gasteiger partial charge in [-0.15, -0.1) is 0 Å². The highest BCUT2D eigenvalue weighted by Crippen LogP contribution is 2.34. The summed E-state index contributed by atoms with van der Waals surface area (Å²) in [4.78, 5) is 17.6. The van der Waals surface area contributed by atoms with Crippen molar-refractivity contribution in [3.63, 3.8) is 0 Å². The van der Waals surface area contributed by atoms with Crippen LogP contribution in [0.15, 0.2) is 59.6 Å². The number of thioether (sulfide) groups is 1. The van der Waals surface area contributed by atoms with Gasteiger partial charge in [0.1, 0.15) is 5.75 Å². The number of carbonyl (C=O) groups is 1. The third kappa shape index (κ3) is 4.78. The van der Waals surface area contributed by atoms with Crippen molar-refractivity contribution in [1.29, 1.82) is 0 Å². The van der Waals surface area contributed by atoms with Gasteiger partial charge in [0.15, 0.2) is 0 Å². The predicted molar refractivity (Wildman–Crippen MR) is 124 cm³/mol. The SMILES string of the molecule is COc1ccc2c(-c3ccccc3)cc(S[C@H](C)C(=O)NC3CCCCC3)nc2c1. The number of carbonyl (C=O) groups excluding carboxylic acids is 1. The van der Waals surface area contributed by atoms with Gasteiger partial charge in [-0.2, -0.15) is 0 Å². The van der Waals surface area contributed by atoms with Gasteiger partial charge in [-0.25, -0.2) is 4.98 Å². The van der Waals surface area contributed by atoms with Gasteiger partial charge in [0.2, 0.25) is 5.91 Å². The summed E-state index contributed by atoms with van der Waals surface area (Å²) in [5.74, 6) is 0.875. The van der Waals surface area contributed by atoms with E-state index in [-0.39, 0.29) is 11.2 Å². The molecular weight excluding hydrogens is 392 g/mol. The van der Waals surface area contributed by atoms with E-state index in [1.807, 2.05) is 37.3 Å². The van der Waals surface area contributed by atoms with Gasteiger partial charge >= 0.3 is 0 Å². The van der Waals surface area contributed by atoms with Gasteiger partial charge in [0.25, 0.3) is 0 Å². The highest BCUT2D eigenvalue weighted by Gasteiger charge is 2.21. The van der Waals surface area contributed by atoms with Gasteiger partial charge in [-0.1, -0.05) is 61.4 Å². The third-order valence-corrected chi connectivity index (χ3v) is 6.71. The summed E-state index contributed by atoms with van der Waals surface area (Å²) in [7, 11) is 1.66. The Morgan fingerprint density at radius 3 is 2.60 bits per heavy atom. The largest absolute Gasteiger partial charge is 0.497 e. The number of pyridine rings is 1. The molecule has 30 heavy (non-hydrogen) atoms. The van der Waals surface area contributed by atoms with Crippen LogP contribution in [0.4, 0.5) is 0 Å². The standard InChI is InChI=1S/C25H28N2O2S/c1-17(25(28)26-19-11-7-4-8-12-19)30-24-16-22(18-9-5-3-6-10-18)21-14-13-20(29-2)15-23(21)27-24/h3,5-6,9-10,13-17,19H,4,7-8,11-12H2,1-2H3,(H,26,28)/t17-/m1/s1. The van der Waals surface area contributed by atoms with E-state index in [2.05, 4.69) is 29.6 Å². The summed E-state index contributed by atoms with van der Waals surface area (Å²) in [5.41, 5.74) is 3.12. The number of aromatic nitrogens is 1. The van der Waals surface area contributed by atoms with E-state index in [4.69, 9.17) is 9.72 Å². The molecule has 0 aliphatic heterocycles. The van der Waals surface area contributed by atoms with Crippen LogP contribution >= 0.6 is 11.8 Å². The van der Waals surface area contributed by atoms with E-state index in [0.29, 0.717) is 6.04 Å². The van der Waals surface area contributed by atoms with Gasteiger partial charge in [-0.05, 0) is 49.1 Å². The number of hydrogen-bond acceptors (Lipinski definition) is 4. The zero-order valence-electron chi connectivity index (χ0n) is 17.6. The average molecular weight is 421 g/mol. The lowest BCUT2D eigenvalue weighted by Gasteiger charge is -2.24. The van der Waals surface area contributed by atoms with Crippen LogP contribution in [-0.4, -0.2) is 29.3 Å². The Morgan fingerprint density at radius 1 is 1.10 bits per heavy atom. The van der Waals surface area contributed by atoms with E-state index < -0.39 is 0 Å². The minimum absolute atomic E-state index is 0.0979. The normalized spacial score (nSPS) is 15.7. The Kier molecular flexibility index (Phi) is 6.58. The number of ether oxygens (including phenoxy) is 1. The summed E-state index contributed by atoms with van der Waals surface area (Å²) in [6.07, 6.45) is 5.88. The molecule has 1 amide bonds. The number of hydrogen-bond donors (Lipinski definition) is 1. The number of benzene rings is 2. The van der Waals surface area contributed by atoms with E-state index >= 15 is 0 Å². The maximum absolute atomic E-state index is 12.8. The fourth-order valence-electron chi connectivity index (χ4n) is 4.03. The molecule has 1 saturated carbocycles. The number of fused-ring (bicyclic) bond motifs is 1. The fraction of sp³-hybridized carbons (Fsp3) is 0.360. The lowest BCUT2D eigenvalue weighted by atomic mass is 9.95. The fourth-order valence-corrected chi connectivity index (χ4v) is 4.90. The molecular formula is C25H28N2O2S. The quantitative estimate of drug-likeness (QED) is 0.509. The Hall–Kier alpha value is -2.53.